The summed E-state index contributed by atoms with van der Waals surface area (Å²) in [6.07, 6.45) is 5.75. The van der Waals surface area contributed by atoms with Gasteiger partial charge in [0.1, 0.15) is 5.82 Å². The third-order valence-corrected chi connectivity index (χ3v) is 8.60. The molecule has 8 nitrogen and oxygen atoms in total. The van der Waals surface area contributed by atoms with Gasteiger partial charge in [0.25, 0.3) is 5.91 Å². The summed E-state index contributed by atoms with van der Waals surface area (Å²) < 4.78 is 27.9. The summed E-state index contributed by atoms with van der Waals surface area (Å²) in [4.78, 5) is 39.4. The number of methoxy groups -OCH3 is 1. The first kappa shape index (κ1) is 29.1. The normalized spacial score (nSPS) is 20.8. The number of rotatable bonds is 8. The van der Waals surface area contributed by atoms with Gasteiger partial charge in [0.05, 0.1) is 48.4 Å². The molecular weight excluding hydrogens is 549 g/mol. The van der Waals surface area contributed by atoms with E-state index in [1.54, 1.807) is 11.1 Å². The van der Waals surface area contributed by atoms with Gasteiger partial charge in [-0.2, -0.15) is 0 Å². The van der Waals surface area contributed by atoms with E-state index in [0.29, 0.717) is 25.3 Å². The molecule has 0 spiro atoms. The Morgan fingerprint density at radius 2 is 1.85 bits per heavy atom. The fourth-order valence-corrected chi connectivity index (χ4v) is 6.14. The van der Waals surface area contributed by atoms with E-state index in [9.17, 15) is 14.4 Å². The number of benzene rings is 2. The molecule has 0 unspecified atom stereocenters. The molecule has 3 aromatic rings. The molecule has 1 saturated carbocycles. The molecule has 1 atom stereocenters. The maximum atomic E-state index is 15.1. The molecular formula is C31H35ClFN3O5. The zero-order chi connectivity index (χ0) is 29.1. The number of aromatic nitrogens is 1. The molecule has 1 aromatic heterocycles. The van der Waals surface area contributed by atoms with Gasteiger partial charge < -0.3 is 24.3 Å². The van der Waals surface area contributed by atoms with Gasteiger partial charge in [0.2, 0.25) is 5.91 Å². The van der Waals surface area contributed by atoms with Crippen molar-refractivity contribution in [3.63, 3.8) is 0 Å². The minimum atomic E-state index is -0.599. The van der Waals surface area contributed by atoms with Crippen molar-refractivity contribution in [1.29, 1.82) is 0 Å². The lowest BCUT2D eigenvalue weighted by atomic mass is 9.87. The highest BCUT2D eigenvalue weighted by atomic mass is 35.5. The average molecular weight is 584 g/mol. The van der Waals surface area contributed by atoms with Gasteiger partial charge in [-0.25, -0.2) is 4.39 Å². The monoisotopic (exact) mass is 583 g/mol. The van der Waals surface area contributed by atoms with E-state index >= 15 is 4.39 Å². The number of anilines is 1. The molecule has 5 rings (SSSR count). The Morgan fingerprint density at radius 3 is 2.61 bits per heavy atom. The van der Waals surface area contributed by atoms with E-state index in [1.165, 1.54) is 19.2 Å². The van der Waals surface area contributed by atoms with Crippen molar-refractivity contribution in [1.82, 2.24) is 9.47 Å². The fourth-order valence-electron chi connectivity index (χ4n) is 5.91. The second-order valence-electron chi connectivity index (χ2n) is 11.0. The minimum Gasteiger partial charge on any atom is -0.469 e. The Kier molecular flexibility index (Phi) is 8.94. The summed E-state index contributed by atoms with van der Waals surface area (Å²) in [5.41, 5.74) is 1.70. The Balaban J connectivity index is 1.13. The van der Waals surface area contributed by atoms with Crippen LogP contribution in [0.3, 0.4) is 0 Å². The number of ether oxygens (including phenoxy) is 2. The maximum Gasteiger partial charge on any atom is 0.308 e. The van der Waals surface area contributed by atoms with Crippen LogP contribution >= 0.6 is 11.6 Å². The van der Waals surface area contributed by atoms with Crippen LogP contribution in [0.5, 0.6) is 0 Å². The number of carbonyl (C=O) groups excluding carboxylic acids is 3. The predicted molar refractivity (Wildman–Crippen MR) is 154 cm³/mol. The molecule has 2 fully saturated rings. The quantitative estimate of drug-likeness (QED) is 0.361. The molecule has 1 N–H and O–H groups in total. The molecule has 0 bridgehead atoms. The summed E-state index contributed by atoms with van der Waals surface area (Å²) in [5.74, 6) is -1.13. The lowest BCUT2D eigenvalue weighted by molar-refractivity contribution is -0.147. The van der Waals surface area contributed by atoms with Crippen LogP contribution in [0.2, 0.25) is 5.02 Å². The van der Waals surface area contributed by atoms with Crippen LogP contribution in [0, 0.1) is 17.7 Å². The summed E-state index contributed by atoms with van der Waals surface area (Å²) in [7, 11) is 3.27. The van der Waals surface area contributed by atoms with E-state index in [2.05, 4.69) is 5.32 Å². The molecule has 41 heavy (non-hydrogen) atoms. The third kappa shape index (κ3) is 6.57. The molecule has 2 aromatic carbocycles. The van der Waals surface area contributed by atoms with Gasteiger partial charge in [-0.15, -0.1) is 0 Å². The largest absolute Gasteiger partial charge is 0.469 e. The zero-order valence-corrected chi connectivity index (χ0v) is 24.1. The first-order valence-electron chi connectivity index (χ1n) is 14.0. The Labute approximate surface area is 243 Å². The van der Waals surface area contributed by atoms with Crippen molar-refractivity contribution in [2.75, 3.05) is 32.1 Å². The number of likely N-dealkylation sites (tertiary alicyclic amines) is 1. The zero-order valence-electron chi connectivity index (χ0n) is 23.3. The number of amides is 2. The third-order valence-electron chi connectivity index (χ3n) is 8.28. The lowest BCUT2D eigenvalue weighted by Gasteiger charge is -2.28. The van der Waals surface area contributed by atoms with E-state index < -0.39 is 11.7 Å². The molecule has 2 heterocycles. The van der Waals surface area contributed by atoms with E-state index in [1.807, 2.05) is 35.9 Å². The van der Waals surface area contributed by atoms with Gasteiger partial charge >= 0.3 is 5.97 Å². The Hall–Kier alpha value is -3.43. The highest BCUT2D eigenvalue weighted by Gasteiger charge is 2.30. The van der Waals surface area contributed by atoms with Crippen molar-refractivity contribution in [3.05, 3.63) is 64.6 Å². The number of hydrogen-bond acceptors (Lipinski definition) is 5. The summed E-state index contributed by atoms with van der Waals surface area (Å²) in [6, 6.07) is 10.1. The van der Waals surface area contributed by atoms with Crippen molar-refractivity contribution in [2.24, 2.45) is 18.9 Å². The van der Waals surface area contributed by atoms with Gasteiger partial charge in [0.15, 0.2) is 0 Å². The van der Waals surface area contributed by atoms with Crippen molar-refractivity contribution >= 4 is 46.0 Å². The molecule has 10 heteroatoms. The number of carbonyl (C=O) groups is 3. The van der Waals surface area contributed by atoms with Gasteiger partial charge in [-0.3, -0.25) is 14.4 Å². The topological polar surface area (TPSA) is 89.9 Å². The number of halogens is 2. The van der Waals surface area contributed by atoms with Crippen LogP contribution in [0.1, 0.15) is 48.0 Å². The second kappa shape index (κ2) is 12.6. The highest BCUT2D eigenvalue weighted by molar-refractivity contribution is 6.34. The van der Waals surface area contributed by atoms with Gasteiger partial charge in [-0.05, 0) is 55.9 Å². The van der Waals surface area contributed by atoms with Crippen LogP contribution in [0.15, 0.2) is 42.6 Å². The average Bonchev–Trinajstić information content (AvgIpc) is 3.59. The van der Waals surface area contributed by atoms with Gasteiger partial charge in [0, 0.05) is 43.2 Å². The Morgan fingerprint density at radius 1 is 1.10 bits per heavy atom. The molecule has 2 aliphatic rings. The number of aryl methyl sites for hydroxylation is 1. The molecule has 0 radical (unpaired) electrons. The smallest absolute Gasteiger partial charge is 0.308 e. The van der Waals surface area contributed by atoms with Crippen LogP contribution in [0.25, 0.3) is 10.9 Å². The number of para-hydroxylation sites is 1. The molecule has 2 amide bonds. The maximum absolute atomic E-state index is 15.1. The molecule has 1 aliphatic heterocycles. The number of nitrogens with zero attached hydrogens (tertiary/aromatic N) is 2. The SMILES string of the molecule is COC(=O)[C@H]1CC[C@H](OC[C@@H]2CCN(C(=O)Cc3cc(Cl)c(NC(=O)c4cn(C)c5ccccc45)cc3F)C2)CC1. The van der Waals surface area contributed by atoms with Gasteiger partial charge in [-0.1, -0.05) is 29.8 Å². The molecule has 1 aliphatic carbocycles. The van der Waals surface area contributed by atoms with Crippen molar-refractivity contribution in [2.45, 2.75) is 44.6 Å². The number of fused-ring (bicyclic) bond motifs is 1. The lowest BCUT2D eigenvalue weighted by Crippen LogP contribution is -2.32. The van der Waals surface area contributed by atoms with Crippen LogP contribution in [-0.2, 0) is 32.5 Å². The first-order chi connectivity index (χ1) is 19.7. The molecule has 1 saturated heterocycles. The second-order valence-corrected chi connectivity index (χ2v) is 11.5. The summed E-state index contributed by atoms with van der Waals surface area (Å²) >= 11 is 6.42. The summed E-state index contributed by atoms with van der Waals surface area (Å²) in [5, 5.41) is 3.66. The van der Waals surface area contributed by atoms with Crippen molar-refractivity contribution in [3.8, 4) is 0 Å². The van der Waals surface area contributed by atoms with Crippen LogP contribution in [-0.4, -0.2) is 60.2 Å². The number of esters is 1. The molecule has 218 valence electrons. The minimum absolute atomic E-state index is 0.0390. The number of hydrogen-bond donors (Lipinski definition) is 1. The van der Waals surface area contributed by atoms with E-state index in [4.69, 9.17) is 21.1 Å². The van der Waals surface area contributed by atoms with Crippen LogP contribution < -0.4 is 5.32 Å². The van der Waals surface area contributed by atoms with E-state index in [-0.39, 0.29) is 52.5 Å². The van der Waals surface area contributed by atoms with Crippen LogP contribution in [0.4, 0.5) is 10.1 Å². The standard InChI is InChI=1S/C31H35ClFN3O5/c1-35-17-24(23-5-3-4-6-28(23)35)30(38)34-27-15-26(33)21(13-25(27)32)14-29(37)36-12-11-19(16-36)18-41-22-9-7-20(8-10-22)31(39)40-2/h3-6,13,15,17,19-20,22H,7-12,14,16,18H2,1-2H3,(H,34,38)/t19-,20-,22-/m1/s1. The summed E-state index contributed by atoms with van der Waals surface area (Å²) in [6.45, 7) is 1.71. The Bertz CT molecular complexity index is 1450. The number of nitrogens with one attached hydrogen (secondary N) is 1. The van der Waals surface area contributed by atoms with E-state index in [0.717, 1.165) is 43.0 Å². The highest BCUT2D eigenvalue weighted by Crippen LogP contribution is 2.30. The fraction of sp³-hybridized carbons (Fsp3) is 0.452. The van der Waals surface area contributed by atoms with Crippen molar-refractivity contribution < 1.29 is 28.2 Å². The first-order valence-corrected chi connectivity index (χ1v) is 14.4. The predicted octanol–water partition coefficient (Wildman–Crippen LogP) is 5.36.